The van der Waals surface area contributed by atoms with Gasteiger partial charge in [-0.15, -0.1) is 0 Å². The van der Waals surface area contributed by atoms with E-state index >= 15 is 0 Å². The molecule has 0 saturated heterocycles. The van der Waals surface area contributed by atoms with Gasteiger partial charge in [0.15, 0.2) is 0 Å². The fourth-order valence-electron chi connectivity index (χ4n) is 2.41. The molecule has 27 heavy (non-hydrogen) atoms. The first kappa shape index (κ1) is 17.9. The van der Waals surface area contributed by atoms with E-state index in [1.54, 1.807) is 31.4 Å². The summed E-state index contributed by atoms with van der Waals surface area (Å²) >= 11 is 0. The van der Waals surface area contributed by atoms with Gasteiger partial charge in [0, 0.05) is 12.2 Å². The van der Waals surface area contributed by atoms with Gasteiger partial charge in [-0.05, 0) is 29.8 Å². The maximum Gasteiger partial charge on any atom is 0.353 e. The van der Waals surface area contributed by atoms with Crippen LogP contribution in [0, 0.1) is 10.1 Å². The molecule has 2 aromatic carbocycles. The van der Waals surface area contributed by atoms with Crippen molar-refractivity contribution in [2.45, 2.75) is 6.54 Å². The molecule has 9 nitrogen and oxygen atoms in total. The van der Waals surface area contributed by atoms with E-state index in [0.717, 1.165) is 5.56 Å². The molecule has 1 heterocycles. The Labute approximate surface area is 155 Å². The molecule has 0 unspecified atom stereocenters. The summed E-state index contributed by atoms with van der Waals surface area (Å²) in [5.41, 5.74) is 7.04. The second kappa shape index (κ2) is 8.00. The molecule has 9 heteroatoms. The molecule has 138 valence electrons. The quantitative estimate of drug-likeness (QED) is 0.429. The molecule has 0 aliphatic heterocycles. The minimum Gasteiger partial charge on any atom is -0.497 e. The maximum atomic E-state index is 11.4. The second-order valence-corrected chi connectivity index (χ2v) is 5.58. The highest BCUT2D eigenvalue weighted by Gasteiger charge is 2.23. The lowest BCUT2D eigenvalue weighted by Gasteiger charge is -2.11. The molecule has 0 bridgehead atoms. The molecule has 0 amide bonds. The normalized spacial score (nSPS) is 10.3. The Morgan fingerprint density at radius 3 is 2.44 bits per heavy atom. The van der Waals surface area contributed by atoms with Gasteiger partial charge in [0.25, 0.3) is 0 Å². The van der Waals surface area contributed by atoms with Gasteiger partial charge in [-0.3, -0.25) is 10.1 Å². The van der Waals surface area contributed by atoms with E-state index in [4.69, 9.17) is 10.5 Å². The monoisotopic (exact) mass is 366 g/mol. The Bertz CT molecular complexity index is 932. The largest absolute Gasteiger partial charge is 0.497 e. The molecule has 3 rings (SSSR count). The number of nitro groups is 1. The first-order valence-electron chi connectivity index (χ1n) is 8.07. The van der Waals surface area contributed by atoms with Crippen molar-refractivity contribution >= 4 is 29.0 Å². The smallest absolute Gasteiger partial charge is 0.353 e. The van der Waals surface area contributed by atoms with Crippen molar-refractivity contribution in [2.24, 2.45) is 0 Å². The maximum absolute atomic E-state index is 11.4. The SMILES string of the molecule is COc1ccc(Nc2nc(NCc3ccccc3)nc(N)c2[N+](=O)[O-])cc1. The third kappa shape index (κ3) is 4.40. The summed E-state index contributed by atoms with van der Waals surface area (Å²) in [5.74, 6) is 0.648. The molecule has 0 atom stereocenters. The number of benzene rings is 2. The van der Waals surface area contributed by atoms with Crippen LogP contribution in [0.1, 0.15) is 5.56 Å². The lowest BCUT2D eigenvalue weighted by Crippen LogP contribution is -2.10. The Kier molecular flexibility index (Phi) is 5.31. The number of rotatable bonds is 7. The Balaban J connectivity index is 1.87. The molecule has 3 aromatic rings. The van der Waals surface area contributed by atoms with Gasteiger partial charge < -0.3 is 21.1 Å². The average Bonchev–Trinajstić information content (AvgIpc) is 2.67. The van der Waals surface area contributed by atoms with Crippen molar-refractivity contribution in [3.05, 3.63) is 70.3 Å². The predicted octanol–water partition coefficient (Wildman–Crippen LogP) is 3.33. The fraction of sp³-hybridized carbons (Fsp3) is 0.111. The molecule has 0 aliphatic rings. The number of nitrogen functional groups attached to an aromatic ring is 1. The van der Waals surface area contributed by atoms with E-state index < -0.39 is 4.92 Å². The molecular formula is C18H18N6O3. The van der Waals surface area contributed by atoms with Crippen LogP contribution < -0.4 is 21.1 Å². The zero-order valence-electron chi connectivity index (χ0n) is 14.5. The second-order valence-electron chi connectivity index (χ2n) is 5.58. The molecule has 0 aliphatic carbocycles. The number of hydrogen-bond donors (Lipinski definition) is 3. The number of hydrogen-bond acceptors (Lipinski definition) is 8. The van der Waals surface area contributed by atoms with Gasteiger partial charge >= 0.3 is 5.69 Å². The molecule has 1 aromatic heterocycles. The lowest BCUT2D eigenvalue weighted by molar-refractivity contribution is -0.383. The first-order valence-corrected chi connectivity index (χ1v) is 8.07. The molecular weight excluding hydrogens is 348 g/mol. The van der Waals surface area contributed by atoms with E-state index in [1.807, 2.05) is 30.3 Å². The van der Waals surface area contributed by atoms with Gasteiger partial charge in [0.1, 0.15) is 5.75 Å². The number of nitrogens with zero attached hydrogens (tertiary/aromatic N) is 3. The average molecular weight is 366 g/mol. The lowest BCUT2D eigenvalue weighted by atomic mass is 10.2. The van der Waals surface area contributed by atoms with Crippen LogP contribution in [0.25, 0.3) is 0 Å². The van der Waals surface area contributed by atoms with Crippen molar-refractivity contribution in [1.29, 1.82) is 0 Å². The van der Waals surface area contributed by atoms with E-state index in [2.05, 4.69) is 20.6 Å². The van der Waals surface area contributed by atoms with Crippen LogP contribution in [0.2, 0.25) is 0 Å². The highest BCUT2D eigenvalue weighted by atomic mass is 16.6. The highest BCUT2D eigenvalue weighted by molar-refractivity contribution is 5.74. The summed E-state index contributed by atoms with van der Waals surface area (Å²) in [6, 6.07) is 16.5. The Hall–Kier alpha value is -3.88. The van der Waals surface area contributed by atoms with Gasteiger partial charge in [-0.1, -0.05) is 30.3 Å². The van der Waals surface area contributed by atoms with Gasteiger partial charge in [-0.25, -0.2) is 0 Å². The summed E-state index contributed by atoms with van der Waals surface area (Å²) in [7, 11) is 1.56. The van der Waals surface area contributed by atoms with Crippen LogP contribution in [0.5, 0.6) is 5.75 Å². The van der Waals surface area contributed by atoms with E-state index in [0.29, 0.717) is 18.0 Å². The zero-order valence-corrected chi connectivity index (χ0v) is 14.5. The molecule has 4 N–H and O–H groups in total. The molecule has 0 spiro atoms. The predicted molar refractivity (Wildman–Crippen MR) is 103 cm³/mol. The van der Waals surface area contributed by atoms with E-state index in [-0.39, 0.29) is 23.3 Å². The zero-order chi connectivity index (χ0) is 19.2. The van der Waals surface area contributed by atoms with Crippen LogP contribution in [0.3, 0.4) is 0 Å². The minimum atomic E-state index is -0.609. The third-order valence-electron chi connectivity index (χ3n) is 3.74. The van der Waals surface area contributed by atoms with Crippen molar-refractivity contribution in [2.75, 3.05) is 23.5 Å². The summed E-state index contributed by atoms with van der Waals surface area (Å²) in [5, 5.41) is 17.3. The van der Waals surface area contributed by atoms with E-state index in [9.17, 15) is 10.1 Å². The summed E-state index contributed by atoms with van der Waals surface area (Å²) in [4.78, 5) is 19.0. The highest BCUT2D eigenvalue weighted by Crippen LogP contribution is 2.31. The van der Waals surface area contributed by atoms with Crippen molar-refractivity contribution in [3.63, 3.8) is 0 Å². The number of aromatic nitrogens is 2. The number of nitrogens with two attached hydrogens (primary N) is 1. The number of ether oxygens (including phenoxy) is 1. The molecule has 0 saturated carbocycles. The van der Waals surface area contributed by atoms with Crippen molar-refractivity contribution in [1.82, 2.24) is 9.97 Å². The van der Waals surface area contributed by atoms with E-state index in [1.165, 1.54) is 0 Å². The third-order valence-corrected chi connectivity index (χ3v) is 3.74. The Morgan fingerprint density at radius 1 is 1.11 bits per heavy atom. The fourth-order valence-corrected chi connectivity index (χ4v) is 2.41. The van der Waals surface area contributed by atoms with Crippen LogP contribution in [0.4, 0.5) is 29.0 Å². The number of nitrogens with one attached hydrogen (secondary N) is 2. The summed E-state index contributed by atoms with van der Waals surface area (Å²) in [6.07, 6.45) is 0. The van der Waals surface area contributed by atoms with Crippen LogP contribution in [-0.2, 0) is 6.54 Å². The summed E-state index contributed by atoms with van der Waals surface area (Å²) < 4.78 is 5.10. The number of methoxy groups -OCH3 is 1. The van der Waals surface area contributed by atoms with Crippen LogP contribution in [0.15, 0.2) is 54.6 Å². The van der Waals surface area contributed by atoms with Gasteiger partial charge in [0.2, 0.25) is 17.6 Å². The Morgan fingerprint density at radius 2 is 1.81 bits per heavy atom. The summed E-state index contributed by atoms with van der Waals surface area (Å²) in [6.45, 7) is 0.458. The molecule has 0 fully saturated rings. The minimum absolute atomic E-state index is 0.00762. The number of anilines is 4. The van der Waals surface area contributed by atoms with Crippen LogP contribution >= 0.6 is 0 Å². The van der Waals surface area contributed by atoms with Crippen molar-refractivity contribution < 1.29 is 9.66 Å². The van der Waals surface area contributed by atoms with Gasteiger partial charge in [-0.2, -0.15) is 9.97 Å². The topological polar surface area (TPSA) is 128 Å². The molecule has 0 radical (unpaired) electrons. The van der Waals surface area contributed by atoms with Gasteiger partial charge in [0.05, 0.1) is 12.0 Å². The van der Waals surface area contributed by atoms with Crippen LogP contribution in [-0.4, -0.2) is 22.0 Å². The standard InChI is InChI=1S/C18H18N6O3/c1-27-14-9-7-13(8-10-14)21-17-15(24(25)26)16(19)22-18(23-17)20-11-12-5-3-2-4-6-12/h2-10H,11H2,1H3,(H4,19,20,21,22,23). The van der Waals surface area contributed by atoms with Crippen molar-refractivity contribution in [3.8, 4) is 5.75 Å². The first-order chi connectivity index (χ1) is 13.1.